The van der Waals surface area contributed by atoms with Gasteiger partial charge in [-0.05, 0) is 30.3 Å². The van der Waals surface area contributed by atoms with E-state index in [0.29, 0.717) is 11.1 Å². The molecule has 8 nitrogen and oxygen atoms in total. The SMILES string of the molecule is O=C(COC(=O)CNC(=O)c1ccc(Cl)cc1Cl)NCC(=O)Nc1ccc(F)c(F)c1F. The molecule has 0 radical (unpaired) electrons. The Morgan fingerprint density at radius 1 is 0.875 bits per heavy atom. The Morgan fingerprint density at radius 2 is 1.59 bits per heavy atom. The number of benzene rings is 2. The molecule has 0 unspecified atom stereocenters. The molecule has 0 aliphatic rings. The number of carbonyl (C=O) groups is 4. The molecule has 3 amide bonds. The maximum atomic E-state index is 13.5. The molecule has 13 heteroatoms. The third kappa shape index (κ3) is 7.13. The standard InChI is InChI=1S/C19H14Cl2F3N3O5/c20-9-1-2-10(11(21)5-9)19(31)26-7-16(30)32-8-15(29)25-6-14(28)27-13-4-3-12(22)17(23)18(13)24/h1-5H,6-8H2,(H,25,29)(H,26,31)(H,27,28). The predicted molar refractivity (Wildman–Crippen MR) is 108 cm³/mol. The summed E-state index contributed by atoms with van der Waals surface area (Å²) >= 11 is 11.6. The van der Waals surface area contributed by atoms with E-state index >= 15 is 0 Å². The summed E-state index contributed by atoms with van der Waals surface area (Å²) in [6, 6.07) is 5.56. The summed E-state index contributed by atoms with van der Waals surface area (Å²) in [6.07, 6.45) is 0. The Morgan fingerprint density at radius 3 is 2.28 bits per heavy atom. The van der Waals surface area contributed by atoms with Gasteiger partial charge < -0.3 is 20.7 Å². The van der Waals surface area contributed by atoms with Gasteiger partial charge in [0.05, 0.1) is 22.8 Å². The van der Waals surface area contributed by atoms with Crippen LogP contribution in [0, 0.1) is 17.5 Å². The average Bonchev–Trinajstić information content (AvgIpc) is 2.75. The van der Waals surface area contributed by atoms with Crippen LogP contribution in [0.2, 0.25) is 10.0 Å². The number of anilines is 1. The number of rotatable bonds is 8. The molecule has 2 rings (SSSR count). The number of carbonyl (C=O) groups excluding carboxylic acids is 4. The number of amides is 3. The summed E-state index contributed by atoms with van der Waals surface area (Å²) in [5.74, 6) is -8.23. The summed E-state index contributed by atoms with van der Waals surface area (Å²) in [5, 5.41) is 6.65. The molecule has 0 bridgehead atoms. The monoisotopic (exact) mass is 491 g/mol. The summed E-state index contributed by atoms with van der Waals surface area (Å²) in [4.78, 5) is 46.9. The molecule has 0 saturated heterocycles. The lowest BCUT2D eigenvalue weighted by atomic mass is 10.2. The first kappa shape index (κ1) is 25.0. The van der Waals surface area contributed by atoms with Crippen LogP contribution in [0.3, 0.4) is 0 Å². The Bertz CT molecular complexity index is 1070. The van der Waals surface area contributed by atoms with Gasteiger partial charge in [0.25, 0.3) is 11.8 Å². The van der Waals surface area contributed by atoms with E-state index in [1.54, 1.807) is 0 Å². The zero-order valence-corrected chi connectivity index (χ0v) is 17.5. The van der Waals surface area contributed by atoms with E-state index in [1.807, 2.05) is 5.32 Å². The van der Waals surface area contributed by atoms with Crippen LogP contribution in [0.4, 0.5) is 18.9 Å². The highest BCUT2D eigenvalue weighted by Gasteiger charge is 2.16. The Balaban J connectivity index is 1.71. The lowest BCUT2D eigenvalue weighted by Crippen LogP contribution is -2.37. The number of hydrogen-bond donors (Lipinski definition) is 3. The van der Waals surface area contributed by atoms with Gasteiger partial charge in [0.1, 0.15) is 6.54 Å². The maximum absolute atomic E-state index is 13.5. The van der Waals surface area contributed by atoms with Crippen molar-refractivity contribution in [1.82, 2.24) is 10.6 Å². The summed E-state index contributed by atoms with van der Waals surface area (Å²) in [6.45, 7) is -2.01. The minimum atomic E-state index is -1.76. The van der Waals surface area contributed by atoms with Crippen molar-refractivity contribution in [3.8, 4) is 0 Å². The molecular weight excluding hydrogens is 478 g/mol. The molecule has 2 aromatic rings. The lowest BCUT2D eigenvalue weighted by molar-refractivity contribution is -0.147. The number of nitrogens with one attached hydrogen (secondary N) is 3. The normalized spacial score (nSPS) is 10.3. The fourth-order valence-electron chi connectivity index (χ4n) is 2.17. The van der Waals surface area contributed by atoms with Crippen LogP contribution in [0.25, 0.3) is 0 Å². The number of ether oxygens (including phenoxy) is 1. The van der Waals surface area contributed by atoms with Crippen molar-refractivity contribution in [2.45, 2.75) is 0 Å². The molecule has 32 heavy (non-hydrogen) atoms. The van der Waals surface area contributed by atoms with Crippen molar-refractivity contribution in [1.29, 1.82) is 0 Å². The third-order valence-corrected chi connectivity index (χ3v) is 4.24. The zero-order chi connectivity index (χ0) is 23.8. The summed E-state index contributed by atoms with van der Waals surface area (Å²) in [7, 11) is 0. The quantitative estimate of drug-likeness (QED) is 0.387. The highest BCUT2D eigenvalue weighted by molar-refractivity contribution is 6.36. The smallest absolute Gasteiger partial charge is 0.325 e. The van der Waals surface area contributed by atoms with E-state index < -0.39 is 66.5 Å². The van der Waals surface area contributed by atoms with Gasteiger partial charge >= 0.3 is 5.97 Å². The van der Waals surface area contributed by atoms with Gasteiger partial charge in [0.15, 0.2) is 24.1 Å². The van der Waals surface area contributed by atoms with Gasteiger partial charge in [-0.3, -0.25) is 19.2 Å². The van der Waals surface area contributed by atoms with Crippen molar-refractivity contribution in [2.24, 2.45) is 0 Å². The first-order chi connectivity index (χ1) is 15.1. The molecule has 0 aromatic heterocycles. The van der Waals surface area contributed by atoms with E-state index in [9.17, 15) is 32.3 Å². The Hall–Kier alpha value is -3.31. The number of esters is 1. The zero-order valence-electron chi connectivity index (χ0n) is 15.9. The molecule has 0 atom stereocenters. The molecule has 0 aliphatic carbocycles. The van der Waals surface area contributed by atoms with Gasteiger partial charge in [0.2, 0.25) is 5.91 Å². The van der Waals surface area contributed by atoms with Crippen molar-refractivity contribution < 1.29 is 37.1 Å². The molecule has 3 N–H and O–H groups in total. The fraction of sp³-hybridized carbons (Fsp3) is 0.158. The summed E-state index contributed by atoms with van der Waals surface area (Å²) < 4.78 is 44.1. The first-order valence-electron chi connectivity index (χ1n) is 8.67. The molecule has 0 heterocycles. The molecule has 0 fully saturated rings. The van der Waals surface area contributed by atoms with Crippen LogP contribution in [-0.2, 0) is 19.1 Å². The predicted octanol–water partition coefficient (Wildman–Crippen LogP) is 2.44. The van der Waals surface area contributed by atoms with Crippen LogP contribution < -0.4 is 16.0 Å². The average molecular weight is 492 g/mol. The first-order valence-corrected chi connectivity index (χ1v) is 9.43. The minimum absolute atomic E-state index is 0.0734. The largest absolute Gasteiger partial charge is 0.454 e. The molecule has 2 aromatic carbocycles. The van der Waals surface area contributed by atoms with E-state index in [4.69, 9.17) is 23.2 Å². The second kappa shape index (κ2) is 11.3. The second-order valence-electron chi connectivity index (χ2n) is 6.02. The van der Waals surface area contributed by atoms with Crippen molar-refractivity contribution in [3.05, 3.63) is 63.4 Å². The van der Waals surface area contributed by atoms with Crippen LogP contribution in [-0.4, -0.2) is 43.4 Å². The molecule has 0 saturated carbocycles. The Kier molecular flexibility index (Phi) is 8.85. The van der Waals surface area contributed by atoms with E-state index in [1.165, 1.54) is 18.2 Å². The minimum Gasteiger partial charge on any atom is -0.454 e. The highest BCUT2D eigenvalue weighted by Crippen LogP contribution is 2.21. The van der Waals surface area contributed by atoms with E-state index in [-0.39, 0.29) is 10.6 Å². The van der Waals surface area contributed by atoms with Gasteiger partial charge in [-0.1, -0.05) is 23.2 Å². The van der Waals surface area contributed by atoms with Crippen LogP contribution >= 0.6 is 23.2 Å². The van der Waals surface area contributed by atoms with E-state index in [2.05, 4.69) is 15.4 Å². The third-order valence-electron chi connectivity index (χ3n) is 3.69. The molecule has 0 spiro atoms. The van der Waals surface area contributed by atoms with Crippen molar-refractivity contribution in [3.63, 3.8) is 0 Å². The number of halogens is 5. The topological polar surface area (TPSA) is 114 Å². The fourth-order valence-corrected chi connectivity index (χ4v) is 2.66. The van der Waals surface area contributed by atoms with Gasteiger partial charge in [-0.15, -0.1) is 0 Å². The van der Waals surface area contributed by atoms with E-state index in [0.717, 1.165) is 6.07 Å². The van der Waals surface area contributed by atoms with Crippen molar-refractivity contribution in [2.75, 3.05) is 25.0 Å². The maximum Gasteiger partial charge on any atom is 0.325 e. The lowest BCUT2D eigenvalue weighted by Gasteiger charge is -2.09. The Labute approximate surface area is 189 Å². The van der Waals surface area contributed by atoms with Crippen LogP contribution in [0.15, 0.2) is 30.3 Å². The molecular formula is C19H14Cl2F3N3O5. The van der Waals surface area contributed by atoms with Gasteiger partial charge in [0, 0.05) is 5.02 Å². The van der Waals surface area contributed by atoms with Crippen LogP contribution in [0.5, 0.6) is 0 Å². The van der Waals surface area contributed by atoms with Gasteiger partial charge in [-0.2, -0.15) is 0 Å². The summed E-state index contributed by atoms with van der Waals surface area (Å²) in [5.41, 5.74) is -0.545. The molecule has 170 valence electrons. The number of hydrogen-bond acceptors (Lipinski definition) is 5. The van der Waals surface area contributed by atoms with Crippen molar-refractivity contribution >= 4 is 52.6 Å². The molecule has 0 aliphatic heterocycles. The van der Waals surface area contributed by atoms with Gasteiger partial charge in [-0.25, -0.2) is 13.2 Å². The second-order valence-corrected chi connectivity index (χ2v) is 6.86. The highest BCUT2D eigenvalue weighted by atomic mass is 35.5. The van der Waals surface area contributed by atoms with Crippen LogP contribution in [0.1, 0.15) is 10.4 Å².